The second kappa shape index (κ2) is 6.86. The van der Waals surface area contributed by atoms with Crippen LogP contribution in [0.15, 0.2) is 36.9 Å². The Morgan fingerprint density at radius 2 is 2.22 bits per heavy atom. The van der Waals surface area contributed by atoms with Gasteiger partial charge in [-0.05, 0) is 38.5 Å². The summed E-state index contributed by atoms with van der Waals surface area (Å²) >= 11 is 0. The molecule has 0 aliphatic carbocycles. The summed E-state index contributed by atoms with van der Waals surface area (Å²) in [6.07, 6.45) is 1.88. The Kier molecular flexibility index (Phi) is 5.08. The van der Waals surface area contributed by atoms with Gasteiger partial charge in [0.15, 0.2) is 0 Å². The number of rotatable bonds is 4. The number of amides is 2. The highest BCUT2D eigenvalue weighted by molar-refractivity contribution is 5.96. The Balaban J connectivity index is 1.99. The monoisotopic (exact) mass is 316 g/mol. The van der Waals surface area contributed by atoms with Crippen molar-refractivity contribution in [1.82, 2.24) is 5.32 Å². The van der Waals surface area contributed by atoms with Crippen molar-refractivity contribution < 1.29 is 14.3 Å². The first-order valence-corrected chi connectivity index (χ1v) is 7.77. The molecule has 23 heavy (non-hydrogen) atoms. The molecule has 1 N–H and O–H groups in total. The summed E-state index contributed by atoms with van der Waals surface area (Å²) in [5.74, 6) is 0.304. The zero-order chi connectivity index (χ0) is 17.0. The Bertz CT molecular complexity index is 605. The fourth-order valence-corrected chi connectivity index (χ4v) is 2.47. The number of nitrogens with one attached hydrogen (secondary N) is 1. The molecule has 124 valence electrons. The molecule has 0 bridgehead atoms. The number of anilines is 1. The van der Waals surface area contributed by atoms with Gasteiger partial charge in [0, 0.05) is 31.1 Å². The predicted molar refractivity (Wildman–Crippen MR) is 90.2 cm³/mol. The average Bonchev–Trinajstić information content (AvgIpc) is 2.85. The van der Waals surface area contributed by atoms with Crippen LogP contribution >= 0.6 is 0 Å². The number of nitrogens with zero attached hydrogens (tertiary/aromatic N) is 1. The van der Waals surface area contributed by atoms with Crippen molar-refractivity contribution in [2.24, 2.45) is 5.92 Å². The van der Waals surface area contributed by atoms with Gasteiger partial charge in [0.25, 0.3) is 0 Å². The SMILES string of the molecule is C=CC1CC(=O)N(c2cccc(CNC(=O)OC(C)(C)C)c2)C1. The van der Waals surface area contributed by atoms with Crippen LogP contribution in [0.4, 0.5) is 10.5 Å². The number of carbonyl (C=O) groups excluding carboxylic acids is 2. The van der Waals surface area contributed by atoms with Crippen LogP contribution in [0.5, 0.6) is 0 Å². The van der Waals surface area contributed by atoms with E-state index in [2.05, 4.69) is 11.9 Å². The molecule has 1 saturated heterocycles. The third-order valence-corrected chi connectivity index (χ3v) is 3.55. The first kappa shape index (κ1) is 17.1. The molecule has 1 aromatic rings. The first-order valence-electron chi connectivity index (χ1n) is 7.77. The maximum absolute atomic E-state index is 12.1. The van der Waals surface area contributed by atoms with Crippen molar-refractivity contribution in [3.63, 3.8) is 0 Å². The molecule has 2 rings (SSSR count). The summed E-state index contributed by atoms with van der Waals surface area (Å²) in [4.78, 5) is 25.5. The average molecular weight is 316 g/mol. The molecule has 1 heterocycles. The topological polar surface area (TPSA) is 58.6 Å². The van der Waals surface area contributed by atoms with E-state index in [1.165, 1.54) is 0 Å². The molecule has 1 aliphatic heterocycles. The van der Waals surface area contributed by atoms with Gasteiger partial charge in [-0.1, -0.05) is 18.2 Å². The Morgan fingerprint density at radius 1 is 1.48 bits per heavy atom. The van der Waals surface area contributed by atoms with Gasteiger partial charge in [0.05, 0.1) is 0 Å². The molecular weight excluding hydrogens is 292 g/mol. The summed E-state index contributed by atoms with van der Waals surface area (Å²) in [6, 6.07) is 7.61. The lowest BCUT2D eigenvalue weighted by atomic mass is 10.1. The summed E-state index contributed by atoms with van der Waals surface area (Å²) < 4.78 is 5.21. The Morgan fingerprint density at radius 3 is 2.83 bits per heavy atom. The zero-order valence-electron chi connectivity index (χ0n) is 14.0. The molecule has 0 radical (unpaired) electrons. The molecule has 2 amide bonds. The lowest BCUT2D eigenvalue weighted by molar-refractivity contribution is -0.117. The van der Waals surface area contributed by atoms with Crippen LogP contribution in [0.1, 0.15) is 32.8 Å². The molecule has 5 nitrogen and oxygen atoms in total. The lowest BCUT2D eigenvalue weighted by Gasteiger charge is -2.20. The maximum atomic E-state index is 12.1. The number of hydrogen-bond acceptors (Lipinski definition) is 3. The van der Waals surface area contributed by atoms with Crippen molar-refractivity contribution in [2.75, 3.05) is 11.4 Å². The van der Waals surface area contributed by atoms with Gasteiger partial charge in [-0.25, -0.2) is 4.79 Å². The second-order valence-corrected chi connectivity index (χ2v) is 6.73. The van der Waals surface area contributed by atoms with Crippen molar-refractivity contribution in [3.05, 3.63) is 42.5 Å². The van der Waals surface area contributed by atoms with Crippen molar-refractivity contribution in [2.45, 2.75) is 39.3 Å². The van der Waals surface area contributed by atoms with Crippen molar-refractivity contribution in [3.8, 4) is 0 Å². The van der Waals surface area contributed by atoms with Crippen LogP contribution in [-0.2, 0) is 16.1 Å². The van der Waals surface area contributed by atoms with E-state index in [4.69, 9.17) is 4.74 Å². The van der Waals surface area contributed by atoms with E-state index in [9.17, 15) is 9.59 Å². The Labute approximate surface area is 137 Å². The number of benzene rings is 1. The van der Waals surface area contributed by atoms with Crippen LogP contribution in [0.2, 0.25) is 0 Å². The largest absolute Gasteiger partial charge is 0.444 e. The third kappa shape index (κ3) is 4.84. The van der Waals surface area contributed by atoms with Crippen LogP contribution in [0.25, 0.3) is 0 Å². The molecule has 0 saturated carbocycles. The first-order chi connectivity index (χ1) is 10.8. The van der Waals surface area contributed by atoms with Gasteiger partial charge in [-0.3, -0.25) is 4.79 Å². The van der Waals surface area contributed by atoms with Crippen LogP contribution in [0.3, 0.4) is 0 Å². The maximum Gasteiger partial charge on any atom is 0.407 e. The molecule has 0 aromatic heterocycles. The van der Waals surface area contributed by atoms with E-state index < -0.39 is 11.7 Å². The lowest BCUT2D eigenvalue weighted by Crippen LogP contribution is -2.32. The second-order valence-electron chi connectivity index (χ2n) is 6.73. The van der Waals surface area contributed by atoms with Gasteiger partial charge in [0.1, 0.15) is 5.60 Å². The van der Waals surface area contributed by atoms with E-state index >= 15 is 0 Å². The normalized spacial score (nSPS) is 18.0. The molecule has 1 fully saturated rings. The third-order valence-electron chi connectivity index (χ3n) is 3.55. The number of hydrogen-bond donors (Lipinski definition) is 1. The summed E-state index contributed by atoms with van der Waals surface area (Å²) in [5.41, 5.74) is 1.25. The van der Waals surface area contributed by atoms with Crippen molar-refractivity contribution in [1.29, 1.82) is 0 Å². The highest BCUT2D eigenvalue weighted by Crippen LogP contribution is 2.26. The molecule has 1 atom stereocenters. The van der Waals surface area contributed by atoms with E-state index in [-0.39, 0.29) is 11.8 Å². The number of alkyl carbamates (subject to hydrolysis) is 1. The van der Waals surface area contributed by atoms with E-state index in [1.807, 2.05) is 51.1 Å². The molecule has 0 spiro atoms. The minimum absolute atomic E-state index is 0.104. The minimum atomic E-state index is -0.520. The smallest absolute Gasteiger partial charge is 0.407 e. The van der Waals surface area contributed by atoms with Crippen LogP contribution in [0, 0.1) is 5.92 Å². The Hall–Kier alpha value is -2.30. The fourth-order valence-electron chi connectivity index (χ4n) is 2.47. The molecular formula is C18H24N2O3. The molecule has 1 aliphatic rings. The highest BCUT2D eigenvalue weighted by atomic mass is 16.6. The van der Waals surface area contributed by atoms with Gasteiger partial charge in [-0.2, -0.15) is 0 Å². The standard InChI is InChI=1S/C18H24N2O3/c1-5-13-10-16(21)20(12-13)15-8-6-7-14(9-15)11-19-17(22)23-18(2,3)4/h5-9,13H,1,10-12H2,2-4H3,(H,19,22). The highest BCUT2D eigenvalue weighted by Gasteiger charge is 2.28. The predicted octanol–water partition coefficient (Wildman–Crippen LogP) is 3.25. The molecule has 1 unspecified atom stereocenters. The zero-order valence-corrected chi connectivity index (χ0v) is 14.0. The minimum Gasteiger partial charge on any atom is -0.444 e. The van der Waals surface area contributed by atoms with E-state index in [0.717, 1.165) is 11.3 Å². The van der Waals surface area contributed by atoms with Crippen LogP contribution in [-0.4, -0.2) is 24.1 Å². The van der Waals surface area contributed by atoms with Gasteiger partial charge in [0.2, 0.25) is 5.91 Å². The van der Waals surface area contributed by atoms with Gasteiger partial charge in [-0.15, -0.1) is 6.58 Å². The number of ether oxygens (including phenoxy) is 1. The summed E-state index contributed by atoms with van der Waals surface area (Å²) in [6.45, 7) is 10.2. The van der Waals surface area contributed by atoms with Gasteiger partial charge < -0.3 is 15.0 Å². The fraction of sp³-hybridized carbons (Fsp3) is 0.444. The molecule has 5 heteroatoms. The van der Waals surface area contributed by atoms with Crippen molar-refractivity contribution >= 4 is 17.7 Å². The van der Waals surface area contributed by atoms with E-state index in [0.29, 0.717) is 19.5 Å². The summed E-state index contributed by atoms with van der Waals surface area (Å²) in [5, 5.41) is 2.72. The van der Waals surface area contributed by atoms with Crippen LogP contribution < -0.4 is 10.2 Å². The summed E-state index contributed by atoms with van der Waals surface area (Å²) in [7, 11) is 0. The molecule has 1 aromatic carbocycles. The quantitative estimate of drug-likeness (QED) is 0.868. The van der Waals surface area contributed by atoms with Gasteiger partial charge >= 0.3 is 6.09 Å². The van der Waals surface area contributed by atoms with E-state index in [1.54, 1.807) is 4.90 Å². The number of carbonyl (C=O) groups is 2.